The number of aryl methyl sites for hydroxylation is 1. The highest BCUT2D eigenvalue weighted by molar-refractivity contribution is 5.88. The van der Waals surface area contributed by atoms with E-state index in [1.54, 1.807) is 13.8 Å². The number of ether oxygens (including phenoxy) is 1. The number of aromatic nitrogens is 1. The van der Waals surface area contributed by atoms with Crippen LogP contribution in [0.5, 0.6) is 0 Å². The molecule has 0 spiro atoms. The summed E-state index contributed by atoms with van der Waals surface area (Å²) in [4.78, 5) is 15.0. The van der Waals surface area contributed by atoms with Crippen LogP contribution in [-0.4, -0.2) is 18.1 Å². The highest BCUT2D eigenvalue weighted by atomic mass is 16.5. The van der Waals surface area contributed by atoms with Crippen LogP contribution in [0.25, 0.3) is 0 Å². The second-order valence-corrected chi connectivity index (χ2v) is 2.74. The fraction of sp³-hybridized carbons (Fsp3) is 0.500. The van der Waals surface area contributed by atoms with Gasteiger partial charge in [0.05, 0.1) is 13.2 Å². The fourth-order valence-corrected chi connectivity index (χ4v) is 0.898. The van der Waals surface area contributed by atoms with Crippen LogP contribution in [0.15, 0.2) is 4.42 Å². The second kappa shape index (κ2) is 3.57. The van der Waals surface area contributed by atoms with Gasteiger partial charge in [0.25, 0.3) is 0 Å². The molecule has 1 atom stereocenters. The lowest BCUT2D eigenvalue weighted by Gasteiger charge is -1.94. The fourth-order valence-electron chi connectivity index (χ4n) is 0.898. The topological polar surface area (TPSA) is 78.3 Å². The van der Waals surface area contributed by atoms with Crippen molar-refractivity contribution < 1.29 is 13.9 Å². The van der Waals surface area contributed by atoms with E-state index in [0.717, 1.165) is 0 Å². The molecule has 0 aliphatic carbocycles. The molecule has 0 saturated carbocycles. The van der Waals surface area contributed by atoms with Gasteiger partial charge in [0, 0.05) is 0 Å². The molecule has 13 heavy (non-hydrogen) atoms. The van der Waals surface area contributed by atoms with E-state index in [0.29, 0.717) is 11.7 Å². The maximum atomic E-state index is 11.1. The van der Waals surface area contributed by atoms with E-state index in [4.69, 9.17) is 10.2 Å². The zero-order valence-corrected chi connectivity index (χ0v) is 7.83. The molecule has 1 rings (SSSR count). The van der Waals surface area contributed by atoms with Crippen LogP contribution in [0.1, 0.15) is 35.1 Å². The van der Waals surface area contributed by atoms with Gasteiger partial charge in [-0.3, -0.25) is 0 Å². The van der Waals surface area contributed by atoms with Crippen molar-refractivity contribution in [2.75, 3.05) is 7.11 Å². The van der Waals surface area contributed by atoms with Crippen LogP contribution in [-0.2, 0) is 4.74 Å². The van der Waals surface area contributed by atoms with Crippen molar-refractivity contribution in [3.8, 4) is 0 Å². The van der Waals surface area contributed by atoms with E-state index in [1.807, 2.05) is 0 Å². The minimum absolute atomic E-state index is 0.190. The monoisotopic (exact) mass is 184 g/mol. The molecule has 0 aliphatic heterocycles. The predicted molar refractivity (Wildman–Crippen MR) is 45.2 cm³/mol. The van der Waals surface area contributed by atoms with Crippen LogP contribution >= 0.6 is 0 Å². The van der Waals surface area contributed by atoms with E-state index in [-0.39, 0.29) is 11.7 Å². The molecule has 0 aromatic carbocycles. The van der Waals surface area contributed by atoms with Crippen LogP contribution in [0.4, 0.5) is 0 Å². The summed E-state index contributed by atoms with van der Waals surface area (Å²) in [5, 5.41) is 0. The van der Waals surface area contributed by atoms with Crippen LogP contribution in [0.2, 0.25) is 0 Å². The summed E-state index contributed by atoms with van der Waals surface area (Å²) in [5.41, 5.74) is 5.72. The van der Waals surface area contributed by atoms with E-state index < -0.39 is 5.97 Å². The predicted octanol–water partition coefficient (Wildman–Crippen LogP) is 0.789. The first-order valence-corrected chi connectivity index (χ1v) is 3.87. The minimum Gasteiger partial charge on any atom is -0.464 e. The standard InChI is InChI=1S/C8H12N2O3/c1-4(9)7-10-6(5(2)13-7)8(11)12-3/h4H,9H2,1-3H3. The first-order chi connectivity index (χ1) is 6.06. The third-order valence-electron chi connectivity index (χ3n) is 1.58. The average Bonchev–Trinajstić information content (AvgIpc) is 2.46. The number of rotatable bonds is 2. The first-order valence-electron chi connectivity index (χ1n) is 3.87. The van der Waals surface area contributed by atoms with E-state index in [2.05, 4.69) is 9.72 Å². The van der Waals surface area contributed by atoms with Crippen molar-refractivity contribution >= 4 is 5.97 Å². The lowest BCUT2D eigenvalue weighted by atomic mass is 10.3. The highest BCUT2D eigenvalue weighted by Gasteiger charge is 2.18. The number of oxazole rings is 1. The third kappa shape index (κ3) is 1.86. The van der Waals surface area contributed by atoms with Gasteiger partial charge < -0.3 is 14.9 Å². The molecule has 0 bridgehead atoms. The van der Waals surface area contributed by atoms with Gasteiger partial charge >= 0.3 is 5.97 Å². The third-order valence-corrected chi connectivity index (χ3v) is 1.58. The van der Waals surface area contributed by atoms with Crippen LogP contribution in [0, 0.1) is 6.92 Å². The van der Waals surface area contributed by atoms with Gasteiger partial charge in [-0.2, -0.15) is 0 Å². The Kier molecular flexibility index (Phi) is 2.67. The molecule has 0 fully saturated rings. The molecule has 1 unspecified atom stereocenters. The Hall–Kier alpha value is -1.36. The summed E-state index contributed by atoms with van der Waals surface area (Å²) in [6.07, 6.45) is 0. The Morgan fingerprint density at radius 1 is 1.69 bits per heavy atom. The van der Waals surface area contributed by atoms with Gasteiger partial charge in [-0.25, -0.2) is 9.78 Å². The minimum atomic E-state index is -0.506. The van der Waals surface area contributed by atoms with Crippen molar-refractivity contribution in [2.45, 2.75) is 19.9 Å². The Bertz CT molecular complexity index is 317. The van der Waals surface area contributed by atoms with Crippen molar-refractivity contribution in [1.82, 2.24) is 4.98 Å². The Morgan fingerprint density at radius 2 is 2.31 bits per heavy atom. The number of carbonyl (C=O) groups is 1. The maximum absolute atomic E-state index is 11.1. The van der Waals surface area contributed by atoms with Gasteiger partial charge in [-0.05, 0) is 13.8 Å². The van der Waals surface area contributed by atoms with Crippen molar-refractivity contribution in [1.29, 1.82) is 0 Å². The van der Waals surface area contributed by atoms with E-state index in [1.165, 1.54) is 7.11 Å². The van der Waals surface area contributed by atoms with Gasteiger partial charge in [0.15, 0.2) is 5.69 Å². The summed E-state index contributed by atoms with van der Waals surface area (Å²) in [7, 11) is 1.29. The number of carbonyl (C=O) groups excluding carboxylic acids is 1. The summed E-state index contributed by atoms with van der Waals surface area (Å²) >= 11 is 0. The van der Waals surface area contributed by atoms with Gasteiger partial charge in [0.2, 0.25) is 5.89 Å². The number of nitrogens with two attached hydrogens (primary N) is 1. The lowest BCUT2D eigenvalue weighted by molar-refractivity contribution is 0.0593. The summed E-state index contributed by atoms with van der Waals surface area (Å²) in [5.74, 6) is 0.269. The average molecular weight is 184 g/mol. The summed E-state index contributed by atoms with van der Waals surface area (Å²) in [6.45, 7) is 3.37. The summed E-state index contributed by atoms with van der Waals surface area (Å²) < 4.78 is 9.67. The zero-order chi connectivity index (χ0) is 10.0. The largest absolute Gasteiger partial charge is 0.464 e. The molecule has 5 nitrogen and oxygen atoms in total. The number of hydrogen-bond acceptors (Lipinski definition) is 5. The van der Waals surface area contributed by atoms with Gasteiger partial charge in [-0.1, -0.05) is 0 Å². The van der Waals surface area contributed by atoms with Crippen LogP contribution in [0.3, 0.4) is 0 Å². The molecule has 0 aliphatic rings. The summed E-state index contributed by atoms with van der Waals surface area (Å²) in [6, 6.07) is -0.322. The normalized spacial score (nSPS) is 12.6. The van der Waals surface area contributed by atoms with Crippen molar-refractivity contribution in [2.24, 2.45) is 5.73 Å². The molecule has 1 heterocycles. The molecule has 2 N–H and O–H groups in total. The number of esters is 1. The van der Waals surface area contributed by atoms with Gasteiger partial charge in [-0.15, -0.1) is 0 Å². The smallest absolute Gasteiger partial charge is 0.360 e. The second-order valence-electron chi connectivity index (χ2n) is 2.74. The SMILES string of the molecule is COC(=O)c1nc(C(C)N)oc1C. The lowest BCUT2D eigenvalue weighted by Crippen LogP contribution is -2.07. The molecule has 5 heteroatoms. The Labute approximate surface area is 75.9 Å². The molecule has 72 valence electrons. The molecule has 0 saturated heterocycles. The van der Waals surface area contributed by atoms with Crippen LogP contribution < -0.4 is 5.73 Å². The van der Waals surface area contributed by atoms with Gasteiger partial charge in [0.1, 0.15) is 5.76 Å². The van der Waals surface area contributed by atoms with Crippen molar-refractivity contribution in [3.05, 3.63) is 17.3 Å². The Balaban J connectivity index is 3.03. The molecule has 0 amide bonds. The maximum Gasteiger partial charge on any atom is 0.360 e. The van der Waals surface area contributed by atoms with E-state index >= 15 is 0 Å². The molecular weight excluding hydrogens is 172 g/mol. The highest BCUT2D eigenvalue weighted by Crippen LogP contribution is 2.15. The number of hydrogen-bond donors (Lipinski definition) is 1. The Morgan fingerprint density at radius 3 is 2.69 bits per heavy atom. The van der Waals surface area contributed by atoms with Crippen molar-refractivity contribution in [3.63, 3.8) is 0 Å². The molecular formula is C8H12N2O3. The molecule has 0 radical (unpaired) electrons. The van der Waals surface area contributed by atoms with E-state index in [9.17, 15) is 4.79 Å². The number of nitrogens with zero attached hydrogens (tertiary/aromatic N) is 1. The zero-order valence-electron chi connectivity index (χ0n) is 7.83. The number of methoxy groups -OCH3 is 1. The first kappa shape index (κ1) is 9.73. The molecule has 1 aromatic rings. The molecule has 1 aromatic heterocycles. The quantitative estimate of drug-likeness (QED) is 0.687.